The average molecular weight is 246 g/mol. The van der Waals surface area contributed by atoms with Crippen molar-refractivity contribution < 1.29 is 14.4 Å². The number of carboxylic acid groups (broad SMARTS) is 1. The molecule has 94 valence electrons. The second-order valence-corrected chi connectivity index (χ2v) is 4.45. The number of hydrogen-bond donors (Lipinski definition) is 1. The van der Waals surface area contributed by atoms with Gasteiger partial charge < -0.3 is 9.63 Å². The number of nitrogens with zero attached hydrogens (tertiary/aromatic N) is 2. The van der Waals surface area contributed by atoms with Gasteiger partial charge in [-0.25, -0.2) is 4.79 Å². The molecule has 2 aromatic rings. The molecule has 0 bridgehead atoms. The highest BCUT2D eigenvalue weighted by molar-refractivity contribution is 5.90. The van der Waals surface area contributed by atoms with E-state index in [-0.39, 0.29) is 11.5 Å². The van der Waals surface area contributed by atoms with Crippen LogP contribution in [0.4, 0.5) is 0 Å². The number of rotatable bonds is 3. The van der Waals surface area contributed by atoms with Gasteiger partial charge in [0.15, 0.2) is 0 Å². The molecular weight excluding hydrogens is 232 g/mol. The number of aromatic carboxylic acids is 1. The van der Waals surface area contributed by atoms with Crippen LogP contribution in [0.5, 0.6) is 0 Å². The molecule has 2 rings (SSSR count). The minimum Gasteiger partial charge on any atom is -0.478 e. The van der Waals surface area contributed by atoms with Gasteiger partial charge in [0.1, 0.15) is 0 Å². The summed E-state index contributed by atoms with van der Waals surface area (Å²) in [7, 11) is 0. The topological polar surface area (TPSA) is 76.2 Å². The van der Waals surface area contributed by atoms with E-state index < -0.39 is 5.97 Å². The Morgan fingerprint density at radius 1 is 1.39 bits per heavy atom. The van der Waals surface area contributed by atoms with Crippen molar-refractivity contribution >= 4 is 5.97 Å². The second kappa shape index (κ2) is 4.60. The Balaban J connectivity index is 2.39. The fourth-order valence-corrected chi connectivity index (χ4v) is 1.63. The number of benzene rings is 1. The van der Waals surface area contributed by atoms with Crippen molar-refractivity contribution in [1.29, 1.82) is 0 Å². The first kappa shape index (κ1) is 12.3. The zero-order valence-electron chi connectivity index (χ0n) is 10.5. The average Bonchev–Trinajstić information content (AvgIpc) is 2.77. The summed E-state index contributed by atoms with van der Waals surface area (Å²) in [5, 5.41) is 12.8. The van der Waals surface area contributed by atoms with Gasteiger partial charge in [-0.3, -0.25) is 0 Å². The molecule has 0 aliphatic rings. The third kappa shape index (κ3) is 2.25. The van der Waals surface area contributed by atoms with E-state index in [1.54, 1.807) is 25.1 Å². The molecular formula is C13H14N2O3. The Bertz CT molecular complexity index is 588. The molecule has 1 aromatic carbocycles. The van der Waals surface area contributed by atoms with Crippen LogP contribution in [0.3, 0.4) is 0 Å². The molecule has 0 saturated heterocycles. The number of aromatic nitrogens is 2. The smallest absolute Gasteiger partial charge is 0.335 e. The zero-order valence-corrected chi connectivity index (χ0v) is 10.5. The lowest BCUT2D eigenvalue weighted by molar-refractivity contribution is 0.0696. The Labute approximate surface area is 104 Å². The monoisotopic (exact) mass is 246 g/mol. The van der Waals surface area contributed by atoms with Crippen molar-refractivity contribution in [2.75, 3.05) is 0 Å². The van der Waals surface area contributed by atoms with Gasteiger partial charge in [-0.05, 0) is 24.6 Å². The Morgan fingerprint density at radius 3 is 2.61 bits per heavy atom. The van der Waals surface area contributed by atoms with Gasteiger partial charge >= 0.3 is 5.97 Å². The van der Waals surface area contributed by atoms with Crippen LogP contribution in [-0.4, -0.2) is 21.2 Å². The predicted octanol–water partition coefficient (Wildman–Crippen LogP) is 2.87. The van der Waals surface area contributed by atoms with Crippen molar-refractivity contribution in [3.8, 4) is 11.4 Å². The van der Waals surface area contributed by atoms with E-state index in [4.69, 9.17) is 9.63 Å². The number of carbonyl (C=O) groups is 1. The molecule has 1 aromatic heterocycles. The van der Waals surface area contributed by atoms with Gasteiger partial charge in [-0.2, -0.15) is 4.98 Å². The fourth-order valence-electron chi connectivity index (χ4n) is 1.63. The maximum Gasteiger partial charge on any atom is 0.335 e. The number of aryl methyl sites for hydroxylation is 1. The quantitative estimate of drug-likeness (QED) is 0.901. The van der Waals surface area contributed by atoms with Crippen LogP contribution >= 0.6 is 0 Å². The molecule has 18 heavy (non-hydrogen) atoms. The predicted molar refractivity (Wildman–Crippen MR) is 65.5 cm³/mol. The van der Waals surface area contributed by atoms with Crippen LogP contribution in [0.25, 0.3) is 11.4 Å². The summed E-state index contributed by atoms with van der Waals surface area (Å²) < 4.78 is 5.12. The molecule has 5 heteroatoms. The van der Waals surface area contributed by atoms with E-state index in [0.29, 0.717) is 17.3 Å². The normalized spacial score (nSPS) is 10.9. The van der Waals surface area contributed by atoms with Crippen LogP contribution in [0.2, 0.25) is 0 Å². The van der Waals surface area contributed by atoms with E-state index in [1.807, 2.05) is 13.8 Å². The fraction of sp³-hybridized carbons (Fsp3) is 0.308. The first-order chi connectivity index (χ1) is 8.49. The van der Waals surface area contributed by atoms with Crippen LogP contribution in [-0.2, 0) is 0 Å². The Kier molecular flexibility index (Phi) is 3.14. The van der Waals surface area contributed by atoms with E-state index in [9.17, 15) is 4.79 Å². The highest BCUT2D eigenvalue weighted by atomic mass is 16.5. The molecule has 0 atom stereocenters. The molecule has 0 radical (unpaired) electrons. The van der Waals surface area contributed by atoms with E-state index in [2.05, 4.69) is 10.1 Å². The van der Waals surface area contributed by atoms with Gasteiger partial charge in [0.2, 0.25) is 11.7 Å². The highest BCUT2D eigenvalue weighted by Crippen LogP contribution is 2.22. The van der Waals surface area contributed by atoms with Crippen molar-refractivity contribution in [3.63, 3.8) is 0 Å². The third-order valence-electron chi connectivity index (χ3n) is 2.65. The largest absolute Gasteiger partial charge is 0.478 e. The summed E-state index contributed by atoms with van der Waals surface area (Å²) in [6.07, 6.45) is 0. The van der Waals surface area contributed by atoms with E-state index in [1.165, 1.54) is 0 Å². The van der Waals surface area contributed by atoms with Crippen LogP contribution in [0, 0.1) is 6.92 Å². The SMILES string of the molecule is Cc1cc(-c2noc(C(C)C)n2)ccc1C(=O)O. The lowest BCUT2D eigenvalue weighted by Gasteiger charge is -2.01. The minimum atomic E-state index is -0.935. The van der Waals surface area contributed by atoms with Gasteiger partial charge in [-0.1, -0.05) is 25.1 Å². The molecule has 0 saturated carbocycles. The van der Waals surface area contributed by atoms with Crippen molar-refractivity contribution in [1.82, 2.24) is 10.1 Å². The van der Waals surface area contributed by atoms with Crippen LogP contribution < -0.4 is 0 Å². The van der Waals surface area contributed by atoms with Crippen molar-refractivity contribution in [2.24, 2.45) is 0 Å². The lowest BCUT2D eigenvalue weighted by Crippen LogP contribution is -1.99. The molecule has 0 amide bonds. The summed E-state index contributed by atoms with van der Waals surface area (Å²) in [5.41, 5.74) is 1.72. The first-order valence-electron chi connectivity index (χ1n) is 5.67. The molecule has 5 nitrogen and oxygen atoms in total. The van der Waals surface area contributed by atoms with Crippen molar-refractivity contribution in [3.05, 3.63) is 35.2 Å². The molecule has 0 aliphatic heterocycles. The van der Waals surface area contributed by atoms with Crippen LogP contribution in [0.1, 0.15) is 41.6 Å². The second-order valence-electron chi connectivity index (χ2n) is 4.45. The standard InChI is InChI=1S/C13H14N2O3/c1-7(2)12-14-11(15-18-12)9-4-5-10(13(16)17)8(3)6-9/h4-7H,1-3H3,(H,16,17). The van der Waals surface area contributed by atoms with E-state index in [0.717, 1.165) is 5.56 Å². The van der Waals surface area contributed by atoms with E-state index >= 15 is 0 Å². The Morgan fingerprint density at radius 2 is 2.11 bits per heavy atom. The van der Waals surface area contributed by atoms with Crippen molar-refractivity contribution in [2.45, 2.75) is 26.7 Å². The van der Waals surface area contributed by atoms with Gasteiger partial charge in [0.05, 0.1) is 5.56 Å². The maximum atomic E-state index is 10.9. The van der Waals surface area contributed by atoms with Crippen LogP contribution in [0.15, 0.2) is 22.7 Å². The maximum absolute atomic E-state index is 10.9. The zero-order chi connectivity index (χ0) is 13.3. The molecule has 0 aliphatic carbocycles. The molecule has 0 fully saturated rings. The lowest BCUT2D eigenvalue weighted by atomic mass is 10.0. The highest BCUT2D eigenvalue weighted by Gasteiger charge is 2.13. The number of carboxylic acids is 1. The number of hydrogen-bond acceptors (Lipinski definition) is 4. The molecule has 0 spiro atoms. The summed E-state index contributed by atoms with van der Waals surface area (Å²) in [5.74, 6) is 0.296. The summed E-state index contributed by atoms with van der Waals surface area (Å²) in [6, 6.07) is 4.99. The summed E-state index contributed by atoms with van der Waals surface area (Å²) in [4.78, 5) is 15.2. The molecule has 0 unspecified atom stereocenters. The van der Waals surface area contributed by atoms with Gasteiger partial charge in [0, 0.05) is 11.5 Å². The summed E-state index contributed by atoms with van der Waals surface area (Å²) >= 11 is 0. The van der Waals surface area contributed by atoms with Gasteiger partial charge in [0.25, 0.3) is 0 Å². The third-order valence-corrected chi connectivity index (χ3v) is 2.65. The molecule has 1 heterocycles. The Hall–Kier alpha value is -2.17. The van der Waals surface area contributed by atoms with Gasteiger partial charge in [-0.15, -0.1) is 0 Å². The minimum absolute atomic E-state index is 0.172. The summed E-state index contributed by atoms with van der Waals surface area (Å²) in [6.45, 7) is 5.68. The molecule has 1 N–H and O–H groups in total. The first-order valence-corrected chi connectivity index (χ1v) is 5.67.